The quantitative estimate of drug-likeness (QED) is 0.783. The second kappa shape index (κ2) is 7.19. The number of hydrogen-bond acceptors (Lipinski definition) is 5. The van der Waals surface area contributed by atoms with Gasteiger partial charge in [0, 0.05) is 12.0 Å². The molecule has 2 aromatic rings. The molecule has 6 nitrogen and oxygen atoms in total. The van der Waals surface area contributed by atoms with E-state index in [-0.39, 0.29) is 5.78 Å². The summed E-state index contributed by atoms with van der Waals surface area (Å²) in [6, 6.07) is 5.34. The summed E-state index contributed by atoms with van der Waals surface area (Å²) in [6.07, 6.45) is 3.63. The van der Waals surface area contributed by atoms with E-state index in [1.807, 2.05) is 20.8 Å². The van der Waals surface area contributed by atoms with Crippen molar-refractivity contribution in [1.29, 1.82) is 0 Å². The van der Waals surface area contributed by atoms with Crippen LogP contribution in [0.15, 0.2) is 24.5 Å². The highest BCUT2D eigenvalue weighted by molar-refractivity contribution is 6.00. The molecule has 6 heteroatoms. The number of hydrogen-bond donors (Lipinski definition) is 0. The first kappa shape index (κ1) is 18.6. The Hall–Kier alpha value is -2.21. The van der Waals surface area contributed by atoms with E-state index in [1.54, 1.807) is 18.2 Å². The molecule has 1 saturated heterocycles. The summed E-state index contributed by atoms with van der Waals surface area (Å²) in [5, 5.41) is 0. The van der Waals surface area contributed by atoms with Gasteiger partial charge in [-0.2, -0.15) is 0 Å². The summed E-state index contributed by atoms with van der Waals surface area (Å²) in [6.45, 7) is 7.55. The Morgan fingerprint density at radius 2 is 1.92 bits per heavy atom. The zero-order valence-corrected chi connectivity index (χ0v) is 16.0. The Morgan fingerprint density at radius 1 is 1.23 bits per heavy atom. The topological polar surface area (TPSA) is 64.4 Å². The van der Waals surface area contributed by atoms with Gasteiger partial charge < -0.3 is 9.64 Å². The first-order valence-electron chi connectivity index (χ1n) is 9.15. The lowest BCUT2D eigenvalue weighted by Crippen LogP contribution is -2.31. The van der Waals surface area contributed by atoms with Crippen LogP contribution in [-0.2, 0) is 4.74 Å². The number of carbonyl (C=O) groups is 2. The second-order valence-electron chi connectivity index (χ2n) is 8.17. The zero-order valence-electron chi connectivity index (χ0n) is 16.0. The van der Waals surface area contributed by atoms with Crippen molar-refractivity contribution in [2.75, 3.05) is 20.1 Å². The molecular formula is C20H27N3O3. The molecule has 0 bridgehead atoms. The number of piperidine rings is 1. The number of imidazole rings is 1. The van der Waals surface area contributed by atoms with E-state index in [2.05, 4.69) is 16.9 Å². The van der Waals surface area contributed by atoms with Crippen LogP contribution in [0.2, 0.25) is 0 Å². The molecule has 3 rings (SSSR count). The minimum Gasteiger partial charge on any atom is -0.443 e. The van der Waals surface area contributed by atoms with Gasteiger partial charge in [0.25, 0.3) is 0 Å². The standard InChI is InChI=1S/C20H27N3O3/c1-20(2,3)26-19(25)23-13-21-16-6-5-15(12-17(16)23)18(24)11-14-7-9-22(4)10-8-14/h5-6,12-14H,7-11H2,1-4H3. The summed E-state index contributed by atoms with van der Waals surface area (Å²) in [5.74, 6) is 0.559. The van der Waals surface area contributed by atoms with Crippen molar-refractivity contribution >= 4 is 22.9 Å². The Kier molecular flexibility index (Phi) is 5.14. The van der Waals surface area contributed by atoms with Crippen molar-refractivity contribution < 1.29 is 14.3 Å². The van der Waals surface area contributed by atoms with E-state index in [0.717, 1.165) is 25.9 Å². The molecular weight excluding hydrogens is 330 g/mol. The molecule has 1 aliphatic rings. The average molecular weight is 357 g/mol. The molecule has 0 amide bonds. The Bertz CT molecular complexity index is 811. The maximum atomic E-state index is 12.7. The normalized spacial score (nSPS) is 16.8. The monoisotopic (exact) mass is 357 g/mol. The summed E-state index contributed by atoms with van der Waals surface area (Å²) in [4.78, 5) is 31.6. The fourth-order valence-corrected chi connectivity index (χ4v) is 3.28. The molecule has 26 heavy (non-hydrogen) atoms. The van der Waals surface area contributed by atoms with Crippen molar-refractivity contribution in [3.05, 3.63) is 30.1 Å². The summed E-state index contributed by atoms with van der Waals surface area (Å²) >= 11 is 0. The first-order valence-corrected chi connectivity index (χ1v) is 9.15. The van der Waals surface area contributed by atoms with Crippen LogP contribution in [0.3, 0.4) is 0 Å². The van der Waals surface area contributed by atoms with E-state index in [0.29, 0.717) is 28.9 Å². The first-order chi connectivity index (χ1) is 12.2. The fourth-order valence-electron chi connectivity index (χ4n) is 3.28. The van der Waals surface area contributed by atoms with Gasteiger partial charge in [0.15, 0.2) is 5.78 Å². The van der Waals surface area contributed by atoms with Gasteiger partial charge in [0.05, 0.1) is 11.0 Å². The van der Waals surface area contributed by atoms with Crippen molar-refractivity contribution in [3.8, 4) is 0 Å². The molecule has 1 aliphatic heterocycles. The van der Waals surface area contributed by atoms with E-state index in [4.69, 9.17) is 4.74 Å². The molecule has 0 spiro atoms. The number of ether oxygens (including phenoxy) is 1. The number of nitrogens with zero attached hydrogens (tertiary/aromatic N) is 3. The van der Waals surface area contributed by atoms with Gasteiger partial charge in [-0.25, -0.2) is 14.3 Å². The molecule has 0 saturated carbocycles. The van der Waals surface area contributed by atoms with Gasteiger partial charge in [-0.1, -0.05) is 0 Å². The van der Waals surface area contributed by atoms with Crippen LogP contribution in [0, 0.1) is 5.92 Å². The van der Waals surface area contributed by atoms with Crippen molar-refractivity contribution in [1.82, 2.24) is 14.5 Å². The van der Waals surface area contributed by atoms with Crippen LogP contribution < -0.4 is 0 Å². The van der Waals surface area contributed by atoms with Gasteiger partial charge in [0.2, 0.25) is 0 Å². The third-order valence-corrected chi connectivity index (χ3v) is 4.77. The van der Waals surface area contributed by atoms with E-state index in [1.165, 1.54) is 10.9 Å². The number of aromatic nitrogens is 2. The number of ketones is 1. The van der Waals surface area contributed by atoms with E-state index >= 15 is 0 Å². The number of benzene rings is 1. The fraction of sp³-hybridized carbons (Fsp3) is 0.550. The summed E-state index contributed by atoms with van der Waals surface area (Å²) < 4.78 is 6.78. The lowest BCUT2D eigenvalue weighted by Gasteiger charge is -2.28. The number of Topliss-reactive ketones (excluding diaryl/α,β-unsaturated/α-hetero) is 1. The number of rotatable bonds is 3. The number of carbonyl (C=O) groups excluding carboxylic acids is 2. The predicted octanol–water partition coefficient (Wildman–Crippen LogP) is 3.73. The van der Waals surface area contributed by atoms with Crippen molar-refractivity contribution in [2.24, 2.45) is 5.92 Å². The molecule has 2 heterocycles. The van der Waals surface area contributed by atoms with Crippen LogP contribution in [-0.4, -0.2) is 52.1 Å². The summed E-state index contributed by atoms with van der Waals surface area (Å²) in [7, 11) is 2.11. The molecule has 0 atom stereocenters. The van der Waals surface area contributed by atoms with Crippen molar-refractivity contribution in [2.45, 2.75) is 45.6 Å². The highest BCUT2D eigenvalue weighted by atomic mass is 16.6. The molecule has 0 aliphatic carbocycles. The molecule has 0 N–H and O–H groups in total. The molecule has 1 aromatic heterocycles. The minimum atomic E-state index is -0.588. The zero-order chi connectivity index (χ0) is 18.9. The van der Waals surface area contributed by atoms with E-state index < -0.39 is 11.7 Å². The minimum absolute atomic E-state index is 0.124. The van der Waals surface area contributed by atoms with Crippen LogP contribution in [0.4, 0.5) is 4.79 Å². The average Bonchev–Trinajstić information content (AvgIpc) is 2.98. The van der Waals surface area contributed by atoms with Gasteiger partial charge in [-0.15, -0.1) is 0 Å². The van der Waals surface area contributed by atoms with Crippen LogP contribution in [0.5, 0.6) is 0 Å². The lowest BCUT2D eigenvalue weighted by atomic mass is 9.90. The maximum Gasteiger partial charge on any atom is 0.420 e. The molecule has 140 valence electrons. The van der Waals surface area contributed by atoms with Gasteiger partial charge >= 0.3 is 6.09 Å². The number of likely N-dealkylation sites (tertiary alicyclic amines) is 1. The third-order valence-electron chi connectivity index (χ3n) is 4.77. The lowest BCUT2D eigenvalue weighted by molar-refractivity contribution is 0.0543. The SMILES string of the molecule is CN1CCC(CC(=O)c2ccc3ncn(C(=O)OC(C)(C)C)c3c2)CC1. The molecule has 0 unspecified atom stereocenters. The maximum absolute atomic E-state index is 12.7. The van der Waals surface area contributed by atoms with Gasteiger partial charge in [-0.05, 0) is 77.9 Å². The second-order valence-corrected chi connectivity index (χ2v) is 8.17. The molecule has 0 radical (unpaired) electrons. The highest BCUT2D eigenvalue weighted by Crippen LogP contribution is 2.23. The summed E-state index contributed by atoms with van der Waals surface area (Å²) in [5.41, 5.74) is 1.32. The van der Waals surface area contributed by atoms with E-state index in [9.17, 15) is 9.59 Å². The van der Waals surface area contributed by atoms with Gasteiger partial charge in [-0.3, -0.25) is 4.79 Å². The Morgan fingerprint density at radius 3 is 2.58 bits per heavy atom. The predicted molar refractivity (Wildman–Crippen MR) is 101 cm³/mol. The van der Waals surface area contributed by atoms with Crippen LogP contribution >= 0.6 is 0 Å². The smallest absolute Gasteiger partial charge is 0.420 e. The van der Waals surface area contributed by atoms with Crippen LogP contribution in [0.25, 0.3) is 11.0 Å². The highest BCUT2D eigenvalue weighted by Gasteiger charge is 2.22. The molecule has 1 aromatic carbocycles. The third kappa shape index (κ3) is 4.30. The Balaban J connectivity index is 1.78. The largest absolute Gasteiger partial charge is 0.443 e. The Labute approximate surface area is 154 Å². The number of fused-ring (bicyclic) bond motifs is 1. The van der Waals surface area contributed by atoms with Crippen LogP contribution in [0.1, 0.15) is 50.4 Å². The molecule has 1 fully saturated rings. The van der Waals surface area contributed by atoms with Crippen molar-refractivity contribution in [3.63, 3.8) is 0 Å². The van der Waals surface area contributed by atoms with Gasteiger partial charge in [0.1, 0.15) is 11.9 Å².